The summed E-state index contributed by atoms with van der Waals surface area (Å²) in [5.74, 6) is -0.684. The Hall–Kier alpha value is -1.16. The monoisotopic (exact) mass is 286 g/mol. The molecule has 4 heteroatoms. The second-order valence-electron chi connectivity index (χ2n) is 3.21. The molecule has 0 atom stereocenters. The van der Waals surface area contributed by atoms with Crippen LogP contribution >= 0.6 is 15.9 Å². The molecule has 1 aromatic rings. The van der Waals surface area contributed by atoms with Crippen molar-refractivity contribution in [1.29, 1.82) is 0 Å². The van der Waals surface area contributed by atoms with Crippen molar-refractivity contribution >= 4 is 28.0 Å². The van der Waals surface area contributed by atoms with Gasteiger partial charge in [-0.25, -0.2) is 9.18 Å². The van der Waals surface area contributed by atoms with Crippen molar-refractivity contribution in [3.63, 3.8) is 0 Å². The van der Waals surface area contributed by atoms with Crippen molar-refractivity contribution in [2.75, 3.05) is 6.61 Å². The van der Waals surface area contributed by atoms with Gasteiger partial charge in [-0.1, -0.05) is 22.0 Å². The maximum Gasteiger partial charge on any atom is 0.333 e. The van der Waals surface area contributed by atoms with Crippen molar-refractivity contribution in [2.45, 2.75) is 13.8 Å². The lowest BCUT2D eigenvalue weighted by Gasteiger charge is -2.03. The largest absolute Gasteiger partial charge is 0.463 e. The highest BCUT2D eigenvalue weighted by atomic mass is 79.9. The second-order valence-corrected chi connectivity index (χ2v) is 4.07. The van der Waals surface area contributed by atoms with E-state index < -0.39 is 0 Å². The van der Waals surface area contributed by atoms with Crippen LogP contribution in [0.2, 0.25) is 0 Å². The molecule has 0 fully saturated rings. The lowest BCUT2D eigenvalue weighted by molar-refractivity contribution is -0.138. The number of hydrogen-bond acceptors (Lipinski definition) is 2. The van der Waals surface area contributed by atoms with Crippen LogP contribution in [0.5, 0.6) is 0 Å². The van der Waals surface area contributed by atoms with E-state index in [1.807, 2.05) is 0 Å². The minimum Gasteiger partial charge on any atom is -0.463 e. The van der Waals surface area contributed by atoms with E-state index in [9.17, 15) is 9.18 Å². The minimum atomic E-state index is -0.362. The minimum absolute atomic E-state index is 0.321. The fraction of sp³-hybridized carbons (Fsp3) is 0.250. The van der Waals surface area contributed by atoms with Crippen LogP contribution in [0.15, 0.2) is 28.2 Å². The zero-order valence-electron chi connectivity index (χ0n) is 9.09. The van der Waals surface area contributed by atoms with Crippen LogP contribution in [0, 0.1) is 5.82 Å². The van der Waals surface area contributed by atoms with E-state index in [-0.39, 0.29) is 11.8 Å². The first kappa shape index (κ1) is 12.9. The molecule has 0 spiro atoms. The summed E-state index contributed by atoms with van der Waals surface area (Å²) in [7, 11) is 0. The summed E-state index contributed by atoms with van der Waals surface area (Å²) in [5.41, 5.74) is 1.22. The second kappa shape index (κ2) is 5.80. The number of ether oxygens (including phenoxy) is 1. The van der Waals surface area contributed by atoms with Gasteiger partial charge in [0.25, 0.3) is 0 Å². The van der Waals surface area contributed by atoms with Crippen LogP contribution in [0.25, 0.3) is 6.08 Å². The van der Waals surface area contributed by atoms with E-state index >= 15 is 0 Å². The number of esters is 1. The number of halogens is 2. The number of rotatable bonds is 3. The molecule has 0 saturated heterocycles. The number of carbonyl (C=O) groups excluding carboxylic acids is 1. The quantitative estimate of drug-likeness (QED) is 0.627. The molecule has 0 aliphatic heterocycles. The average molecular weight is 287 g/mol. The zero-order valence-corrected chi connectivity index (χ0v) is 10.7. The Kier molecular flexibility index (Phi) is 4.68. The lowest BCUT2D eigenvalue weighted by atomic mass is 10.1. The molecule has 0 N–H and O–H groups in total. The van der Waals surface area contributed by atoms with Crippen molar-refractivity contribution in [2.24, 2.45) is 0 Å². The third kappa shape index (κ3) is 3.45. The standard InChI is InChI=1S/C12H12BrFO2/c1-3-16-12(15)8(2)6-9-4-5-10(14)7-11(9)13/h4-7H,3H2,1-2H3/b8-6+. The van der Waals surface area contributed by atoms with Crippen LogP contribution in [0.4, 0.5) is 4.39 Å². The Morgan fingerprint density at radius 1 is 1.56 bits per heavy atom. The van der Waals surface area contributed by atoms with Gasteiger partial charge in [0.15, 0.2) is 0 Å². The van der Waals surface area contributed by atoms with Crippen LogP contribution in [0.3, 0.4) is 0 Å². The molecular weight excluding hydrogens is 275 g/mol. The molecule has 1 rings (SSSR count). The van der Waals surface area contributed by atoms with Gasteiger partial charge in [0.2, 0.25) is 0 Å². The first-order valence-electron chi connectivity index (χ1n) is 4.85. The van der Waals surface area contributed by atoms with Gasteiger partial charge in [0, 0.05) is 10.0 Å². The van der Waals surface area contributed by atoms with E-state index in [1.54, 1.807) is 26.0 Å². The molecule has 0 amide bonds. The molecule has 0 aliphatic carbocycles. The zero-order chi connectivity index (χ0) is 12.1. The van der Waals surface area contributed by atoms with E-state index in [4.69, 9.17) is 4.74 Å². The van der Waals surface area contributed by atoms with Crippen LogP contribution in [0.1, 0.15) is 19.4 Å². The van der Waals surface area contributed by atoms with Gasteiger partial charge < -0.3 is 4.74 Å². The van der Waals surface area contributed by atoms with Gasteiger partial charge in [-0.3, -0.25) is 0 Å². The predicted octanol–water partition coefficient (Wildman–Crippen LogP) is 3.55. The van der Waals surface area contributed by atoms with Gasteiger partial charge in [0.1, 0.15) is 5.82 Å². The molecule has 86 valence electrons. The highest BCUT2D eigenvalue weighted by molar-refractivity contribution is 9.10. The third-order valence-corrected chi connectivity index (χ3v) is 2.62. The summed E-state index contributed by atoms with van der Waals surface area (Å²) in [5, 5.41) is 0. The summed E-state index contributed by atoms with van der Waals surface area (Å²) >= 11 is 3.23. The fourth-order valence-corrected chi connectivity index (χ4v) is 1.62. The molecule has 0 aromatic heterocycles. The Morgan fingerprint density at radius 2 is 2.25 bits per heavy atom. The molecule has 0 unspecified atom stereocenters. The molecule has 0 saturated carbocycles. The molecule has 2 nitrogen and oxygen atoms in total. The average Bonchev–Trinajstić information content (AvgIpc) is 2.22. The van der Waals surface area contributed by atoms with Gasteiger partial charge in [-0.05, 0) is 37.6 Å². The summed E-state index contributed by atoms with van der Waals surface area (Å²) in [6, 6.07) is 4.29. The Labute approximate surface area is 102 Å². The Morgan fingerprint density at radius 3 is 2.81 bits per heavy atom. The first-order chi connectivity index (χ1) is 7.54. The first-order valence-corrected chi connectivity index (χ1v) is 5.64. The van der Waals surface area contributed by atoms with E-state index in [1.165, 1.54) is 12.1 Å². The molecule has 1 aromatic carbocycles. The summed E-state index contributed by atoms with van der Waals surface area (Å²) in [4.78, 5) is 11.3. The summed E-state index contributed by atoms with van der Waals surface area (Å²) < 4.78 is 18.3. The van der Waals surface area contributed by atoms with Crippen molar-refractivity contribution in [3.8, 4) is 0 Å². The summed E-state index contributed by atoms with van der Waals surface area (Å²) in [6.07, 6.45) is 1.65. The van der Waals surface area contributed by atoms with Crippen LogP contribution < -0.4 is 0 Å². The SMILES string of the molecule is CCOC(=O)/C(C)=C/c1ccc(F)cc1Br. The predicted molar refractivity (Wildman–Crippen MR) is 64.4 cm³/mol. The van der Waals surface area contributed by atoms with E-state index in [0.29, 0.717) is 16.7 Å². The smallest absolute Gasteiger partial charge is 0.333 e. The molecule has 0 heterocycles. The van der Waals surface area contributed by atoms with Crippen molar-refractivity contribution < 1.29 is 13.9 Å². The maximum absolute atomic E-state index is 12.8. The lowest BCUT2D eigenvalue weighted by Crippen LogP contribution is -2.04. The highest BCUT2D eigenvalue weighted by Gasteiger charge is 2.06. The number of carbonyl (C=O) groups is 1. The summed E-state index contributed by atoms with van der Waals surface area (Å²) in [6.45, 7) is 3.75. The molecule has 0 radical (unpaired) electrons. The Balaban J connectivity index is 2.94. The number of benzene rings is 1. The third-order valence-electron chi connectivity index (χ3n) is 1.93. The van der Waals surface area contributed by atoms with E-state index in [2.05, 4.69) is 15.9 Å². The topological polar surface area (TPSA) is 26.3 Å². The maximum atomic E-state index is 12.8. The normalized spacial score (nSPS) is 11.4. The van der Waals surface area contributed by atoms with E-state index in [0.717, 1.165) is 5.56 Å². The Bertz CT molecular complexity index is 427. The van der Waals surface area contributed by atoms with Crippen molar-refractivity contribution in [3.05, 3.63) is 39.6 Å². The van der Waals surface area contributed by atoms with Crippen molar-refractivity contribution in [1.82, 2.24) is 0 Å². The van der Waals surface area contributed by atoms with Gasteiger partial charge >= 0.3 is 5.97 Å². The number of hydrogen-bond donors (Lipinski definition) is 0. The fourth-order valence-electron chi connectivity index (χ4n) is 1.16. The molecular formula is C12H12BrFO2. The van der Waals surface area contributed by atoms with Gasteiger partial charge in [-0.15, -0.1) is 0 Å². The molecule has 0 bridgehead atoms. The molecule has 0 aliphatic rings. The van der Waals surface area contributed by atoms with Crippen LogP contribution in [-0.4, -0.2) is 12.6 Å². The van der Waals surface area contributed by atoms with Crippen LogP contribution in [-0.2, 0) is 9.53 Å². The molecule has 16 heavy (non-hydrogen) atoms. The van der Waals surface area contributed by atoms with Gasteiger partial charge in [-0.2, -0.15) is 0 Å². The van der Waals surface area contributed by atoms with Gasteiger partial charge in [0.05, 0.1) is 6.61 Å². The highest BCUT2D eigenvalue weighted by Crippen LogP contribution is 2.20.